The van der Waals surface area contributed by atoms with Crippen LogP contribution in [0, 0.1) is 0 Å². The molecule has 0 fully saturated rings. The third-order valence-electron chi connectivity index (χ3n) is 2.43. The minimum Gasteiger partial charge on any atom is -0.481 e. The molecule has 1 aromatic heterocycles. The van der Waals surface area contributed by atoms with Gasteiger partial charge < -0.3 is 10.4 Å². The predicted molar refractivity (Wildman–Crippen MR) is 81.8 cm³/mol. The van der Waals surface area contributed by atoms with E-state index in [0.717, 1.165) is 8.95 Å². The molecule has 0 radical (unpaired) electrons. The molecule has 0 saturated carbocycles. The van der Waals surface area contributed by atoms with E-state index >= 15 is 0 Å². The fourth-order valence-electron chi connectivity index (χ4n) is 1.58. The molecule has 110 valence electrons. The molecule has 0 bridgehead atoms. The molecule has 1 heterocycles. The van der Waals surface area contributed by atoms with Crippen LogP contribution in [0.5, 0.6) is 0 Å². The number of carbonyl (C=O) groups excluding carboxylic acids is 1. The molecule has 2 rings (SSSR count). The van der Waals surface area contributed by atoms with Crippen LogP contribution in [0.4, 0.5) is 5.69 Å². The fraction of sp³-hybridized carbons (Fsp3) is 0.167. The Bertz CT molecular complexity index is 687. The Hall–Kier alpha value is -1.74. The topological polar surface area (TPSA) is 97.1 Å². The third-order valence-corrected chi connectivity index (χ3v) is 3.58. The van der Waals surface area contributed by atoms with Crippen molar-refractivity contribution in [2.75, 3.05) is 5.32 Å². The maximum Gasteiger partial charge on any atom is 0.309 e. The number of halogens is 2. The van der Waals surface area contributed by atoms with Crippen LogP contribution >= 0.6 is 31.9 Å². The Morgan fingerprint density at radius 3 is 2.76 bits per heavy atom. The normalized spacial score (nSPS) is 10.4. The SMILES string of the molecule is O=C(O)Cc1cn(CC(=O)Nc2ccc(Br)cc2Br)nn1. The van der Waals surface area contributed by atoms with Crippen LogP contribution in [0.15, 0.2) is 33.3 Å². The van der Waals surface area contributed by atoms with Gasteiger partial charge in [0.25, 0.3) is 0 Å². The van der Waals surface area contributed by atoms with E-state index in [2.05, 4.69) is 47.5 Å². The van der Waals surface area contributed by atoms with E-state index in [1.54, 1.807) is 12.1 Å². The third kappa shape index (κ3) is 4.64. The summed E-state index contributed by atoms with van der Waals surface area (Å²) in [6.07, 6.45) is 1.21. The van der Waals surface area contributed by atoms with Crippen molar-refractivity contribution in [3.63, 3.8) is 0 Å². The van der Waals surface area contributed by atoms with E-state index in [-0.39, 0.29) is 18.9 Å². The number of aromatic nitrogens is 3. The number of carboxylic acid groups (broad SMARTS) is 1. The first-order valence-corrected chi connectivity index (χ1v) is 7.38. The van der Waals surface area contributed by atoms with Crippen LogP contribution in [0.25, 0.3) is 0 Å². The van der Waals surface area contributed by atoms with Crippen molar-refractivity contribution in [2.45, 2.75) is 13.0 Å². The van der Waals surface area contributed by atoms with Crippen molar-refractivity contribution in [2.24, 2.45) is 0 Å². The number of aliphatic carboxylic acids is 1. The first kappa shape index (κ1) is 15.6. The summed E-state index contributed by atoms with van der Waals surface area (Å²) in [4.78, 5) is 22.4. The van der Waals surface area contributed by atoms with Gasteiger partial charge in [-0.05, 0) is 34.1 Å². The zero-order chi connectivity index (χ0) is 15.4. The Balaban J connectivity index is 1.98. The Labute approximate surface area is 136 Å². The average Bonchev–Trinajstić information content (AvgIpc) is 2.79. The molecular formula is C12H10Br2N4O3. The van der Waals surface area contributed by atoms with Gasteiger partial charge in [-0.25, -0.2) is 4.68 Å². The molecule has 1 aromatic carbocycles. The predicted octanol–water partition coefficient (Wildman–Crippen LogP) is 2.07. The Morgan fingerprint density at radius 1 is 1.33 bits per heavy atom. The number of nitrogens with one attached hydrogen (secondary N) is 1. The number of hydrogen-bond donors (Lipinski definition) is 2. The molecule has 21 heavy (non-hydrogen) atoms. The Kier molecular flexibility index (Phi) is 5.07. The first-order chi connectivity index (χ1) is 9.94. The number of carboxylic acids is 1. The lowest BCUT2D eigenvalue weighted by molar-refractivity contribution is -0.136. The summed E-state index contributed by atoms with van der Waals surface area (Å²) in [6, 6.07) is 5.38. The monoisotopic (exact) mass is 416 g/mol. The smallest absolute Gasteiger partial charge is 0.309 e. The summed E-state index contributed by atoms with van der Waals surface area (Å²) in [5, 5.41) is 18.8. The quantitative estimate of drug-likeness (QED) is 0.776. The number of rotatable bonds is 5. The maximum absolute atomic E-state index is 11.9. The highest BCUT2D eigenvalue weighted by molar-refractivity contribution is 9.11. The van der Waals surface area contributed by atoms with Crippen LogP contribution in [0.3, 0.4) is 0 Å². The molecule has 9 heteroatoms. The second-order valence-corrected chi connectivity index (χ2v) is 5.92. The number of anilines is 1. The molecule has 1 amide bonds. The van der Waals surface area contributed by atoms with Crippen molar-refractivity contribution >= 4 is 49.4 Å². The zero-order valence-corrected chi connectivity index (χ0v) is 13.8. The number of carbonyl (C=O) groups is 2. The second kappa shape index (κ2) is 6.81. The van der Waals surface area contributed by atoms with Crippen LogP contribution in [0.1, 0.15) is 5.69 Å². The Morgan fingerprint density at radius 2 is 2.10 bits per heavy atom. The highest BCUT2D eigenvalue weighted by atomic mass is 79.9. The molecule has 2 N–H and O–H groups in total. The minimum atomic E-state index is -0.995. The van der Waals surface area contributed by atoms with Crippen molar-refractivity contribution in [3.8, 4) is 0 Å². The van der Waals surface area contributed by atoms with Gasteiger partial charge in [-0.3, -0.25) is 9.59 Å². The minimum absolute atomic E-state index is 0.0465. The van der Waals surface area contributed by atoms with Crippen LogP contribution in [0.2, 0.25) is 0 Å². The van der Waals surface area contributed by atoms with Gasteiger partial charge in [0.15, 0.2) is 0 Å². The van der Waals surface area contributed by atoms with E-state index in [4.69, 9.17) is 5.11 Å². The van der Waals surface area contributed by atoms with E-state index in [1.807, 2.05) is 6.07 Å². The average molecular weight is 418 g/mol. The first-order valence-electron chi connectivity index (χ1n) is 5.80. The number of benzene rings is 1. The van der Waals surface area contributed by atoms with Crippen LogP contribution in [-0.2, 0) is 22.6 Å². The standard InChI is InChI=1S/C12H10Br2N4O3/c13-7-1-2-10(9(14)3-7)15-11(19)6-18-5-8(16-17-18)4-12(20)21/h1-3,5H,4,6H2,(H,15,19)(H,20,21). The summed E-state index contributed by atoms with van der Waals surface area (Å²) in [7, 11) is 0. The highest BCUT2D eigenvalue weighted by Crippen LogP contribution is 2.26. The molecule has 0 aliphatic heterocycles. The summed E-state index contributed by atoms with van der Waals surface area (Å²) >= 11 is 6.67. The van der Waals surface area contributed by atoms with Crippen LogP contribution in [-0.4, -0.2) is 32.0 Å². The van der Waals surface area contributed by atoms with Gasteiger partial charge in [0.2, 0.25) is 5.91 Å². The molecule has 2 aromatic rings. The molecule has 7 nitrogen and oxygen atoms in total. The van der Waals surface area contributed by atoms with Crippen molar-refractivity contribution in [3.05, 3.63) is 39.0 Å². The maximum atomic E-state index is 11.9. The zero-order valence-electron chi connectivity index (χ0n) is 10.6. The van der Waals surface area contributed by atoms with Crippen molar-refractivity contribution in [1.29, 1.82) is 0 Å². The van der Waals surface area contributed by atoms with Crippen LogP contribution < -0.4 is 5.32 Å². The number of nitrogens with zero attached hydrogens (tertiary/aromatic N) is 3. The molecule has 0 spiro atoms. The molecule has 0 saturated heterocycles. The fourth-order valence-corrected chi connectivity index (χ4v) is 2.73. The van der Waals surface area contributed by atoms with Gasteiger partial charge in [-0.15, -0.1) is 5.10 Å². The molecular weight excluding hydrogens is 408 g/mol. The summed E-state index contributed by atoms with van der Waals surface area (Å²) in [5.41, 5.74) is 0.939. The van der Waals surface area contributed by atoms with E-state index in [1.165, 1.54) is 10.9 Å². The van der Waals surface area contributed by atoms with Gasteiger partial charge >= 0.3 is 5.97 Å². The molecule has 0 atom stereocenters. The summed E-state index contributed by atoms with van der Waals surface area (Å²) in [5.74, 6) is -1.28. The lowest BCUT2D eigenvalue weighted by Gasteiger charge is -2.07. The molecule has 0 unspecified atom stereocenters. The number of hydrogen-bond acceptors (Lipinski definition) is 4. The molecule has 0 aliphatic carbocycles. The van der Waals surface area contributed by atoms with Gasteiger partial charge in [-0.1, -0.05) is 21.1 Å². The largest absolute Gasteiger partial charge is 0.481 e. The summed E-state index contributed by atoms with van der Waals surface area (Å²) in [6.45, 7) is -0.0465. The molecule has 0 aliphatic rings. The summed E-state index contributed by atoms with van der Waals surface area (Å²) < 4.78 is 2.93. The second-order valence-electron chi connectivity index (χ2n) is 4.15. The van der Waals surface area contributed by atoms with E-state index in [9.17, 15) is 9.59 Å². The number of amides is 1. The van der Waals surface area contributed by atoms with Crippen molar-refractivity contribution in [1.82, 2.24) is 15.0 Å². The van der Waals surface area contributed by atoms with Gasteiger partial charge in [0.05, 0.1) is 17.8 Å². The van der Waals surface area contributed by atoms with E-state index < -0.39 is 5.97 Å². The van der Waals surface area contributed by atoms with Gasteiger partial charge in [0, 0.05) is 15.1 Å². The lowest BCUT2D eigenvalue weighted by atomic mass is 10.3. The highest BCUT2D eigenvalue weighted by Gasteiger charge is 2.10. The lowest BCUT2D eigenvalue weighted by Crippen LogP contribution is -2.19. The van der Waals surface area contributed by atoms with Gasteiger partial charge in [0.1, 0.15) is 6.54 Å². The van der Waals surface area contributed by atoms with Gasteiger partial charge in [-0.2, -0.15) is 0 Å². The van der Waals surface area contributed by atoms with E-state index in [0.29, 0.717) is 11.4 Å². The van der Waals surface area contributed by atoms with Crippen molar-refractivity contribution < 1.29 is 14.7 Å².